The van der Waals surface area contributed by atoms with Crippen LogP contribution in [-0.2, 0) is 9.59 Å². The van der Waals surface area contributed by atoms with E-state index in [0.29, 0.717) is 70.2 Å². The molecular weight excluding hydrogens is 424 g/mol. The maximum atomic E-state index is 12.8. The Bertz CT molecular complexity index is 985. The van der Waals surface area contributed by atoms with Gasteiger partial charge in [0.25, 0.3) is 5.69 Å². The maximum absolute atomic E-state index is 12.8. The predicted molar refractivity (Wildman–Crippen MR) is 124 cm³/mol. The zero-order valence-electron chi connectivity index (χ0n) is 18.4. The molecule has 2 aliphatic heterocycles. The van der Waals surface area contributed by atoms with Crippen LogP contribution in [0, 0.1) is 16.0 Å². The van der Waals surface area contributed by atoms with Gasteiger partial charge in [-0.05, 0) is 44.1 Å². The van der Waals surface area contributed by atoms with Crippen molar-refractivity contribution in [3.63, 3.8) is 0 Å². The van der Waals surface area contributed by atoms with Gasteiger partial charge in [0.15, 0.2) is 0 Å². The van der Waals surface area contributed by atoms with Gasteiger partial charge < -0.3 is 15.1 Å². The van der Waals surface area contributed by atoms with E-state index in [1.807, 2.05) is 15.9 Å². The number of nitro benzene ring substituents is 1. The van der Waals surface area contributed by atoms with Crippen molar-refractivity contribution in [1.82, 2.24) is 14.8 Å². The number of amides is 2. The summed E-state index contributed by atoms with van der Waals surface area (Å²) < 4.78 is 0. The Hall–Kier alpha value is -3.53. The molecule has 2 fully saturated rings. The van der Waals surface area contributed by atoms with Crippen LogP contribution in [0.4, 0.5) is 17.2 Å². The van der Waals surface area contributed by atoms with Crippen molar-refractivity contribution in [2.75, 3.05) is 56.0 Å². The number of nitrogens with one attached hydrogen (secondary N) is 1. The highest BCUT2D eigenvalue weighted by Gasteiger charge is 2.29. The Balaban J connectivity index is 1.22. The lowest BCUT2D eigenvalue weighted by atomic mass is 9.96. The average Bonchev–Trinajstić information content (AvgIpc) is 2.85. The quantitative estimate of drug-likeness (QED) is 0.527. The molecule has 10 heteroatoms. The van der Waals surface area contributed by atoms with Gasteiger partial charge in [-0.2, -0.15) is 0 Å². The standard InChI is InChI=1S/C23H28N6O4/c30-22(28-15-13-27(14-16-28)19-5-1-2-6-20(19)29(32)33)17-26-11-8-18(9-12-26)23(31)25-21-7-3-4-10-24-21/h1-7,10,18H,8-9,11-17H2,(H,24,25,31). The van der Waals surface area contributed by atoms with Gasteiger partial charge in [-0.1, -0.05) is 18.2 Å². The maximum Gasteiger partial charge on any atom is 0.292 e. The van der Waals surface area contributed by atoms with Crippen LogP contribution >= 0.6 is 0 Å². The minimum Gasteiger partial charge on any atom is -0.362 e. The number of nitro groups is 1. The minimum atomic E-state index is -0.368. The third-order valence-electron chi connectivity index (χ3n) is 6.28. The molecular formula is C23H28N6O4. The first-order chi connectivity index (χ1) is 16.0. The van der Waals surface area contributed by atoms with Crippen molar-refractivity contribution in [1.29, 1.82) is 0 Å². The second-order valence-electron chi connectivity index (χ2n) is 8.37. The van der Waals surface area contributed by atoms with Crippen LogP contribution in [0.3, 0.4) is 0 Å². The molecule has 1 aromatic heterocycles. The Morgan fingerprint density at radius 3 is 2.36 bits per heavy atom. The first-order valence-electron chi connectivity index (χ1n) is 11.2. The number of carbonyl (C=O) groups is 2. The number of nitrogens with zero attached hydrogens (tertiary/aromatic N) is 5. The summed E-state index contributed by atoms with van der Waals surface area (Å²) in [5, 5.41) is 14.2. The highest BCUT2D eigenvalue weighted by atomic mass is 16.6. The van der Waals surface area contributed by atoms with E-state index in [1.54, 1.807) is 36.5 Å². The summed E-state index contributed by atoms with van der Waals surface area (Å²) in [4.78, 5) is 46.2. The summed E-state index contributed by atoms with van der Waals surface area (Å²) >= 11 is 0. The highest BCUT2D eigenvalue weighted by molar-refractivity contribution is 5.91. The highest BCUT2D eigenvalue weighted by Crippen LogP contribution is 2.28. The van der Waals surface area contributed by atoms with Crippen LogP contribution in [0.2, 0.25) is 0 Å². The van der Waals surface area contributed by atoms with Crippen molar-refractivity contribution in [3.05, 3.63) is 58.8 Å². The number of pyridine rings is 1. The molecule has 0 bridgehead atoms. The van der Waals surface area contributed by atoms with Gasteiger partial charge >= 0.3 is 0 Å². The van der Waals surface area contributed by atoms with Crippen LogP contribution < -0.4 is 10.2 Å². The predicted octanol–water partition coefficient (Wildman–Crippen LogP) is 1.99. The minimum absolute atomic E-state index is 0.0224. The first kappa shape index (κ1) is 22.7. The molecule has 2 aliphatic rings. The summed E-state index contributed by atoms with van der Waals surface area (Å²) in [6.07, 6.45) is 3.06. The van der Waals surface area contributed by atoms with Crippen molar-refractivity contribution in [2.45, 2.75) is 12.8 Å². The fourth-order valence-corrected chi connectivity index (χ4v) is 4.39. The fraction of sp³-hybridized carbons (Fsp3) is 0.435. The number of piperazine rings is 1. The van der Waals surface area contributed by atoms with E-state index < -0.39 is 0 Å². The van der Waals surface area contributed by atoms with E-state index in [9.17, 15) is 19.7 Å². The second kappa shape index (κ2) is 10.4. The van der Waals surface area contributed by atoms with Gasteiger partial charge in [-0.3, -0.25) is 24.6 Å². The Kier molecular flexibility index (Phi) is 7.13. The molecule has 0 aliphatic carbocycles. The van der Waals surface area contributed by atoms with Gasteiger partial charge in [-0.25, -0.2) is 4.98 Å². The molecule has 1 N–H and O–H groups in total. The molecule has 1 aromatic carbocycles. The molecule has 3 heterocycles. The lowest BCUT2D eigenvalue weighted by Gasteiger charge is -2.37. The number of anilines is 2. The van der Waals surface area contributed by atoms with E-state index in [1.165, 1.54) is 6.07 Å². The summed E-state index contributed by atoms with van der Waals surface area (Å²) in [6, 6.07) is 12.1. The van der Waals surface area contributed by atoms with Crippen LogP contribution in [-0.4, -0.2) is 77.3 Å². The summed E-state index contributed by atoms with van der Waals surface area (Å²) in [7, 11) is 0. The number of hydrogen-bond donors (Lipinski definition) is 1. The number of piperidine rings is 1. The van der Waals surface area contributed by atoms with Crippen molar-refractivity contribution in [3.8, 4) is 0 Å². The Morgan fingerprint density at radius 1 is 1.00 bits per heavy atom. The van der Waals surface area contributed by atoms with E-state index in [2.05, 4.69) is 15.2 Å². The lowest BCUT2D eigenvalue weighted by molar-refractivity contribution is -0.384. The molecule has 10 nitrogen and oxygen atoms in total. The van der Waals surface area contributed by atoms with Crippen LogP contribution in [0.15, 0.2) is 48.7 Å². The van der Waals surface area contributed by atoms with Gasteiger partial charge in [0, 0.05) is 44.4 Å². The number of para-hydroxylation sites is 2. The smallest absolute Gasteiger partial charge is 0.292 e. The SMILES string of the molecule is O=C(Nc1ccccn1)C1CCN(CC(=O)N2CCN(c3ccccc3[N+](=O)[O-])CC2)CC1. The molecule has 2 saturated heterocycles. The molecule has 0 radical (unpaired) electrons. The Morgan fingerprint density at radius 2 is 1.70 bits per heavy atom. The first-order valence-corrected chi connectivity index (χ1v) is 11.2. The molecule has 0 unspecified atom stereocenters. The van der Waals surface area contributed by atoms with E-state index in [-0.39, 0.29) is 28.3 Å². The number of hydrogen-bond acceptors (Lipinski definition) is 7. The van der Waals surface area contributed by atoms with E-state index >= 15 is 0 Å². The molecule has 2 amide bonds. The van der Waals surface area contributed by atoms with Gasteiger partial charge in [0.2, 0.25) is 11.8 Å². The van der Waals surface area contributed by atoms with E-state index in [4.69, 9.17) is 0 Å². The average molecular weight is 453 g/mol. The topological polar surface area (TPSA) is 112 Å². The number of aromatic nitrogens is 1. The van der Waals surface area contributed by atoms with Crippen LogP contribution in [0.5, 0.6) is 0 Å². The van der Waals surface area contributed by atoms with Crippen molar-refractivity contribution < 1.29 is 14.5 Å². The number of likely N-dealkylation sites (tertiary alicyclic amines) is 1. The summed E-state index contributed by atoms with van der Waals surface area (Å²) in [5.74, 6) is 0.517. The largest absolute Gasteiger partial charge is 0.362 e. The van der Waals surface area contributed by atoms with Gasteiger partial charge in [-0.15, -0.1) is 0 Å². The molecule has 33 heavy (non-hydrogen) atoms. The van der Waals surface area contributed by atoms with Gasteiger partial charge in [0.05, 0.1) is 11.5 Å². The second-order valence-corrected chi connectivity index (χ2v) is 8.37. The van der Waals surface area contributed by atoms with Gasteiger partial charge in [0.1, 0.15) is 11.5 Å². The summed E-state index contributed by atoms with van der Waals surface area (Å²) in [6.45, 7) is 3.92. The van der Waals surface area contributed by atoms with Crippen LogP contribution in [0.1, 0.15) is 12.8 Å². The van der Waals surface area contributed by atoms with Crippen molar-refractivity contribution >= 4 is 29.0 Å². The number of carbonyl (C=O) groups excluding carboxylic acids is 2. The molecule has 2 aromatic rings. The molecule has 4 rings (SSSR count). The molecule has 0 spiro atoms. The molecule has 0 saturated carbocycles. The fourth-order valence-electron chi connectivity index (χ4n) is 4.39. The zero-order valence-corrected chi connectivity index (χ0v) is 18.4. The number of benzene rings is 1. The third-order valence-corrected chi connectivity index (χ3v) is 6.28. The van der Waals surface area contributed by atoms with Crippen molar-refractivity contribution in [2.24, 2.45) is 5.92 Å². The Labute approximate surface area is 192 Å². The summed E-state index contributed by atoms with van der Waals surface area (Å²) in [5.41, 5.74) is 0.688. The third kappa shape index (κ3) is 5.64. The lowest BCUT2D eigenvalue weighted by Crippen LogP contribution is -2.52. The monoisotopic (exact) mass is 452 g/mol. The number of rotatable bonds is 6. The molecule has 0 atom stereocenters. The normalized spacial score (nSPS) is 17.6. The van der Waals surface area contributed by atoms with Crippen LogP contribution in [0.25, 0.3) is 0 Å². The van der Waals surface area contributed by atoms with E-state index in [0.717, 1.165) is 0 Å². The molecule has 174 valence electrons. The zero-order chi connectivity index (χ0) is 23.2.